The number of hydrogen-bond donors (Lipinski definition) is 0. The van der Waals surface area contributed by atoms with Gasteiger partial charge in [-0.05, 0) is 6.07 Å². The molecule has 1 heterocycles. The van der Waals surface area contributed by atoms with Crippen LogP contribution in [-0.2, 0) is 10.6 Å². The quantitative estimate of drug-likeness (QED) is 0.472. The summed E-state index contributed by atoms with van der Waals surface area (Å²) < 4.78 is 42.6. The molecule has 0 bridgehead atoms. The van der Waals surface area contributed by atoms with Crippen LogP contribution in [0.4, 0.5) is 13.2 Å². The first-order valence-electron chi connectivity index (χ1n) is 4.13. The largest absolute Gasteiger partial charge is 0.465 e. The van der Waals surface area contributed by atoms with Gasteiger partial charge in [0.05, 0.1) is 18.7 Å². The number of methoxy groups -OCH3 is 1. The lowest BCUT2D eigenvalue weighted by molar-refractivity contribution is 0.0581. The van der Waals surface area contributed by atoms with Crippen molar-refractivity contribution in [3.63, 3.8) is 0 Å². The van der Waals surface area contributed by atoms with Gasteiger partial charge in [0.1, 0.15) is 5.56 Å². The average Bonchev–Trinajstić information content (AvgIpc) is 2.26. The highest BCUT2D eigenvalue weighted by Gasteiger charge is 2.25. The Bertz CT molecular complexity index is 412. The summed E-state index contributed by atoms with van der Waals surface area (Å²) in [7, 11) is 0.965. The van der Waals surface area contributed by atoms with Gasteiger partial charge in [0, 0.05) is 5.56 Å². The molecule has 1 rings (SSSR count). The van der Waals surface area contributed by atoms with Crippen LogP contribution in [0.2, 0.25) is 0 Å². The monoisotopic (exact) mass is 253 g/mol. The Balaban J connectivity index is 3.39. The van der Waals surface area contributed by atoms with Gasteiger partial charge in [-0.3, -0.25) is 0 Å². The van der Waals surface area contributed by atoms with E-state index in [1.807, 2.05) is 0 Å². The maximum atomic E-state index is 13.3. The number of carbonyl (C=O) groups excluding carboxylic acids is 1. The second-order valence-corrected chi connectivity index (χ2v) is 3.06. The molecule has 1 aromatic heterocycles. The number of pyridine rings is 1. The molecule has 0 spiro atoms. The summed E-state index contributed by atoms with van der Waals surface area (Å²) in [6.07, 6.45) is -3.01. The van der Waals surface area contributed by atoms with E-state index in [9.17, 15) is 18.0 Å². The zero-order chi connectivity index (χ0) is 12.3. The van der Waals surface area contributed by atoms with Crippen molar-refractivity contribution in [1.82, 2.24) is 4.98 Å². The van der Waals surface area contributed by atoms with Crippen molar-refractivity contribution in [1.29, 1.82) is 0 Å². The smallest absolute Gasteiger partial charge is 0.343 e. The predicted octanol–water partition coefficient (Wildman–Crippen LogP) is 2.68. The fourth-order valence-electron chi connectivity index (χ4n) is 1.13. The molecule has 0 saturated heterocycles. The van der Waals surface area contributed by atoms with Crippen LogP contribution in [0.1, 0.15) is 28.0 Å². The third-order valence-electron chi connectivity index (χ3n) is 1.82. The van der Waals surface area contributed by atoms with E-state index in [1.54, 1.807) is 0 Å². The van der Waals surface area contributed by atoms with Crippen molar-refractivity contribution in [3.05, 3.63) is 28.8 Å². The minimum absolute atomic E-state index is 0.0675. The van der Waals surface area contributed by atoms with Gasteiger partial charge in [-0.2, -0.15) is 4.39 Å². The van der Waals surface area contributed by atoms with E-state index in [2.05, 4.69) is 9.72 Å². The predicted molar refractivity (Wildman–Crippen MR) is 50.0 cm³/mol. The van der Waals surface area contributed by atoms with Crippen LogP contribution in [0.25, 0.3) is 0 Å². The number of halogens is 4. The average molecular weight is 254 g/mol. The molecule has 0 amide bonds. The second kappa shape index (κ2) is 5.16. The molecule has 0 saturated carbocycles. The maximum Gasteiger partial charge on any atom is 0.343 e. The van der Waals surface area contributed by atoms with Crippen LogP contribution in [0.15, 0.2) is 6.07 Å². The molecule has 0 fully saturated rings. The van der Waals surface area contributed by atoms with E-state index in [4.69, 9.17) is 11.6 Å². The SMILES string of the molecule is COC(=O)c1c(C(F)F)cc(CCl)nc1F. The third-order valence-corrected chi connectivity index (χ3v) is 2.09. The Labute approximate surface area is 94.2 Å². The molecule has 0 aromatic carbocycles. The summed E-state index contributed by atoms with van der Waals surface area (Å²) in [5.74, 6) is -2.72. The zero-order valence-corrected chi connectivity index (χ0v) is 8.89. The second-order valence-electron chi connectivity index (χ2n) is 2.79. The van der Waals surface area contributed by atoms with Crippen LogP contribution >= 0.6 is 11.6 Å². The van der Waals surface area contributed by atoms with Crippen molar-refractivity contribution in [3.8, 4) is 0 Å². The molecule has 1 aromatic rings. The van der Waals surface area contributed by atoms with E-state index >= 15 is 0 Å². The lowest BCUT2D eigenvalue weighted by atomic mass is 10.1. The lowest BCUT2D eigenvalue weighted by Gasteiger charge is -2.09. The van der Waals surface area contributed by atoms with Crippen molar-refractivity contribution >= 4 is 17.6 Å². The molecule has 7 heteroatoms. The third kappa shape index (κ3) is 2.44. The van der Waals surface area contributed by atoms with Gasteiger partial charge in [0.15, 0.2) is 0 Å². The van der Waals surface area contributed by atoms with Gasteiger partial charge >= 0.3 is 5.97 Å². The highest BCUT2D eigenvalue weighted by Crippen LogP contribution is 2.26. The highest BCUT2D eigenvalue weighted by molar-refractivity contribution is 6.16. The van der Waals surface area contributed by atoms with E-state index in [1.165, 1.54) is 0 Å². The van der Waals surface area contributed by atoms with Gasteiger partial charge in [-0.15, -0.1) is 11.6 Å². The van der Waals surface area contributed by atoms with E-state index in [0.717, 1.165) is 13.2 Å². The van der Waals surface area contributed by atoms with Gasteiger partial charge < -0.3 is 4.74 Å². The molecule has 0 aliphatic rings. The van der Waals surface area contributed by atoms with Gasteiger partial charge in [0.25, 0.3) is 6.43 Å². The number of nitrogens with zero attached hydrogens (tertiary/aromatic N) is 1. The molecule has 3 nitrogen and oxygen atoms in total. The topological polar surface area (TPSA) is 39.2 Å². The maximum absolute atomic E-state index is 13.3. The summed E-state index contributed by atoms with van der Waals surface area (Å²) in [5.41, 5.74) is -1.69. The van der Waals surface area contributed by atoms with Crippen LogP contribution in [0.5, 0.6) is 0 Å². The first kappa shape index (κ1) is 12.8. The fourth-order valence-corrected chi connectivity index (χ4v) is 1.27. The van der Waals surface area contributed by atoms with E-state index in [-0.39, 0.29) is 11.6 Å². The van der Waals surface area contributed by atoms with Crippen molar-refractivity contribution in [2.45, 2.75) is 12.3 Å². The summed E-state index contributed by atoms with van der Waals surface area (Å²) in [5, 5.41) is 0. The number of hydrogen-bond acceptors (Lipinski definition) is 3. The standard InChI is InChI=1S/C9H7ClF3NO2/c1-16-9(15)6-5(7(11)12)2-4(3-10)14-8(6)13/h2,7H,3H2,1H3. The summed E-state index contributed by atoms with van der Waals surface area (Å²) >= 11 is 5.35. The summed E-state index contributed by atoms with van der Waals surface area (Å²) in [6, 6.07) is 0.882. The molecule has 0 aliphatic heterocycles. The number of ether oxygens (including phenoxy) is 1. The Morgan fingerprint density at radius 3 is 2.69 bits per heavy atom. The highest BCUT2D eigenvalue weighted by atomic mass is 35.5. The number of rotatable bonds is 3. The number of alkyl halides is 3. The van der Waals surface area contributed by atoms with Crippen LogP contribution in [0.3, 0.4) is 0 Å². The Morgan fingerprint density at radius 1 is 1.62 bits per heavy atom. The number of aromatic nitrogens is 1. The fraction of sp³-hybridized carbons (Fsp3) is 0.333. The van der Waals surface area contributed by atoms with Gasteiger partial charge in [-0.25, -0.2) is 18.6 Å². The molecule has 0 radical (unpaired) electrons. The van der Waals surface area contributed by atoms with E-state index < -0.39 is 29.5 Å². The summed E-state index contributed by atoms with van der Waals surface area (Å²) in [4.78, 5) is 14.4. The Hall–Kier alpha value is -1.30. The van der Waals surface area contributed by atoms with Crippen molar-refractivity contribution in [2.75, 3.05) is 7.11 Å². The minimum Gasteiger partial charge on any atom is -0.465 e. The molecule has 0 aliphatic carbocycles. The number of carbonyl (C=O) groups is 1. The first-order valence-corrected chi connectivity index (χ1v) is 4.66. The Morgan fingerprint density at radius 2 is 2.25 bits per heavy atom. The van der Waals surface area contributed by atoms with Crippen LogP contribution in [0, 0.1) is 5.95 Å². The van der Waals surface area contributed by atoms with Gasteiger partial charge in [-0.1, -0.05) is 0 Å². The first-order chi connectivity index (χ1) is 7.51. The summed E-state index contributed by atoms with van der Waals surface area (Å²) in [6.45, 7) is 0. The molecular formula is C9H7ClF3NO2. The van der Waals surface area contributed by atoms with Crippen LogP contribution in [-0.4, -0.2) is 18.1 Å². The van der Waals surface area contributed by atoms with Crippen molar-refractivity contribution in [2.24, 2.45) is 0 Å². The molecular weight excluding hydrogens is 247 g/mol. The number of esters is 1. The molecule has 0 N–H and O–H groups in total. The Kier molecular flexibility index (Phi) is 4.12. The van der Waals surface area contributed by atoms with E-state index in [0.29, 0.717) is 0 Å². The molecule has 0 unspecified atom stereocenters. The molecule has 0 atom stereocenters. The zero-order valence-electron chi connectivity index (χ0n) is 8.14. The molecule has 88 valence electrons. The molecule has 16 heavy (non-hydrogen) atoms. The van der Waals surface area contributed by atoms with Crippen LogP contribution < -0.4 is 0 Å². The van der Waals surface area contributed by atoms with Crippen molar-refractivity contribution < 1.29 is 22.7 Å². The van der Waals surface area contributed by atoms with Gasteiger partial charge in [0.2, 0.25) is 5.95 Å². The minimum atomic E-state index is -3.01. The lowest BCUT2D eigenvalue weighted by Crippen LogP contribution is -2.12. The normalized spacial score (nSPS) is 10.6.